The predicted molar refractivity (Wildman–Crippen MR) is 78.5 cm³/mol. The number of halogens is 1. The van der Waals surface area contributed by atoms with E-state index in [2.05, 4.69) is 17.0 Å². The molecule has 1 spiro atoms. The molecule has 2 fully saturated rings. The van der Waals surface area contributed by atoms with Gasteiger partial charge in [-0.25, -0.2) is 0 Å². The number of nitrogens with zero attached hydrogens (tertiary/aromatic N) is 1. The molecule has 0 aromatic heterocycles. The van der Waals surface area contributed by atoms with Crippen LogP contribution in [-0.2, 0) is 22.6 Å². The first kappa shape index (κ1) is 14.3. The van der Waals surface area contributed by atoms with Crippen molar-refractivity contribution in [3.05, 3.63) is 34.3 Å². The van der Waals surface area contributed by atoms with Gasteiger partial charge in [-0.2, -0.15) is 0 Å². The molecule has 0 unspecified atom stereocenters. The van der Waals surface area contributed by atoms with Crippen molar-refractivity contribution in [2.45, 2.75) is 31.7 Å². The molecule has 1 aromatic rings. The molecule has 110 valence electrons. The third-order valence-electron chi connectivity index (χ3n) is 4.18. The fourth-order valence-corrected chi connectivity index (χ4v) is 3.19. The molecule has 20 heavy (non-hydrogen) atoms. The van der Waals surface area contributed by atoms with Gasteiger partial charge in [-0.15, -0.1) is 0 Å². The summed E-state index contributed by atoms with van der Waals surface area (Å²) in [4.78, 5) is 2.40. The van der Waals surface area contributed by atoms with Crippen molar-refractivity contribution in [1.82, 2.24) is 4.90 Å². The Balaban J connectivity index is 1.59. The van der Waals surface area contributed by atoms with Gasteiger partial charge in [0.2, 0.25) is 0 Å². The molecule has 0 aliphatic carbocycles. The van der Waals surface area contributed by atoms with Gasteiger partial charge in [-0.05, 0) is 17.2 Å². The van der Waals surface area contributed by atoms with Crippen molar-refractivity contribution in [3.8, 4) is 0 Å². The van der Waals surface area contributed by atoms with Crippen LogP contribution in [0.2, 0.25) is 5.02 Å². The van der Waals surface area contributed by atoms with Crippen molar-refractivity contribution in [3.63, 3.8) is 0 Å². The van der Waals surface area contributed by atoms with E-state index < -0.39 is 0 Å². The van der Waals surface area contributed by atoms with E-state index in [1.807, 2.05) is 6.07 Å². The molecule has 3 rings (SSSR count). The lowest BCUT2D eigenvalue weighted by Crippen LogP contribution is -2.44. The Morgan fingerprint density at radius 2 is 1.90 bits per heavy atom. The molecule has 2 heterocycles. The Labute approximate surface area is 124 Å². The molecule has 2 aliphatic heterocycles. The SMILES string of the molecule is NCc1ccc(CN2CCC3(CC2)OCCO3)c(Cl)c1. The van der Waals surface area contributed by atoms with Gasteiger partial charge in [0.05, 0.1) is 13.2 Å². The average Bonchev–Trinajstić information content (AvgIpc) is 2.92. The zero-order valence-electron chi connectivity index (χ0n) is 11.6. The van der Waals surface area contributed by atoms with Gasteiger partial charge in [-0.1, -0.05) is 23.7 Å². The summed E-state index contributed by atoms with van der Waals surface area (Å²) in [5.41, 5.74) is 7.86. The molecular weight excluding hydrogens is 276 g/mol. The number of piperidine rings is 1. The lowest BCUT2D eigenvalue weighted by Gasteiger charge is -2.37. The third kappa shape index (κ3) is 3.00. The molecule has 0 saturated carbocycles. The first-order valence-corrected chi connectivity index (χ1v) is 7.56. The summed E-state index contributed by atoms with van der Waals surface area (Å²) in [6.07, 6.45) is 1.87. The van der Waals surface area contributed by atoms with Crippen LogP contribution in [0.15, 0.2) is 18.2 Å². The van der Waals surface area contributed by atoms with E-state index in [0.717, 1.165) is 61.8 Å². The summed E-state index contributed by atoms with van der Waals surface area (Å²) in [5.74, 6) is -0.302. The highest BCUT2D eigenvalue weighted by Gasteiger charge is 2.39. The Hall–Kier alpha value is -0.650. The number of rotatable bonds is 3. The van der Waals surface area contributed by atoms with E-state index in [4.69, 9.17) is 26.8 Å². The molecule has 4 nitrogen and oxygen atoms in total. The topological polar surface area (TPSA) is 47.7 Å². The molecule has 0 bridgehead atoms. The second-order valence-corrected chi connectivity index (χ2v) is 5.92. The van der Waals surface area contributed by atoms with Crippen LogP contribution in [0.5, 0.6) is 0 Å². The van der Waals surface area contributed by atoms with E-state index in [1.165, 1.54) is 0 Å². The molecule has 2 N–H and O–H groups in total. The molecule has 0 radical (unpaired) electrons. The highest BCUT2D eigenvalue weighted by Crippen LogP contribution is 2.32. The quantitative estimate of drug-likeness (QED) is 0.928. The van der Waals surface area contributed by atoms with Gasteiger partial charge in [-0.3, -0.25) is 4.90 Å². The van der Waals surface area contributed by atoms with Crippen LogP contribution in [0, 0.1) is 0 Å². The summed E-state index contributed by atoms with van der Waals surface area (Å²) >= 11 is 6.32. The van der Waals surface area contributed by atoms with Crippen molar-refractivity contribution < 1.29 is 9.47 Å². The Kier molecular flexibility index (Phi) is 4.29. The number of hydrogen-bond donors (Lipinski definition) is 1. The van der Waals surface area contributed by atoms with Gasteiger partial charge < -0.3 is 15.2 Å². The van der Waals surface area contributed by atoms with Gasteiger partial charge in [0, 0.05) is 44.0 Å². The smallest absolute Gasteiger partial charge is 0.170 e. The van der Waals surface area contributed by atoms with Gasteiger partial charge >= 0.3 is 0 Å². The fraction of sp³-hybridized carbons (Fsp3) is 0.600. The van der Waals surface area contributed by atoms with Crippen LogP contribution < -0.4 is 5.73 Å². The summed E-state index contributed by atoms with van der Waals surface area (Å²) in [5, 5.41) is 0.807. The molecule has 2 saturated heterocycles. The van der Waals surface area contributed by atoms with Crippen LogP contribution >= 0.6 is 11.6 Å². The van der Waals surface area contributed by atoms with Crippen LogP contribution in [0.3, 0.4) is 0 Å². The highest BCUT2D eigenvalue weighted by atomic mass is 35.5. The molecular formula is C15H21ClN2O2. The van der Waals surface area contributed by atoms with E-state index >= 15 is 0 Å². The Morgan fingerprint density at radius 3 is 2.50 bits per heavy atom. The minimum absolute atomic E-state index is 0.302. The summed E-state index contributed by atoms with van der Waals surface area (Å²) in [6, 6.07) is 6.10. The number of hydrogen-bond acceptors (Lipinski definition) is 4. The van der Waals surface area contributed by atoms with Gasteiger partial charge in [0.1, 0.15) is 0 Å². The van der Waals surface area contributed by atoms with Crippen molar-refractivity contribution in [2.24, 2.45) is 5.73 Å². The first-order chi connectivity index (χ1) is 9.71. The normalized spacial score (nSPS) is 22.5. The molecule has 0 atom stereocenters. The standard InChI is InChI=1S/C15H21ClN2O2/c16-14-9-12(10-17)1-2-13(14)11-18-5-3-15(4-6-18)19-7-8-20-15/h1-2,9H,3-8,10-11,17H2. The van der Waals surface area contributed by atoms with Crippen molar-refractivity contribution in [1.29, 1.82) is 0 Å². The van der Waals surface area contributed by atoms with E-state index in [9.17, 15) is 0 Å². The summed E-state index contributed by atoms with van der Waals surface area (Å²) < 4.78 is 11.5. The Bertz CT molecular complexity index is 465. The van der Waals surface area contributed by atoms with Crippen LogP contribution in [0.4, 0.5) is 0 Å². The summed E-state index contributed by atoms with van der Waals surface area (Å²) in [7, 11) is 0. The first-order valence-electron chi connectivity index (χ1n) is 7.18. The fourth-order valence-electron chi connectivity index (χ4n) is 2.92. The summed E-state index contributed by atoms with van der Waals surface area (Å²) in [6.45, 7) is 4.82. The second-order valence-electron chi connectivity index (χ2n) is 5.51. The van der Waals surface area contributed by atoms with E-state index in [1.54, 1.807) is 0 Å². The van der Waals surface area contributed by atoms with E-state index in [-0.39, 0.29) is 5.79 Å². The molecule has 5 heteroatoms. The van der Waals surface area contributed by atoms with E-state index in [0.29, 0.717) is 6.54 Å². The zero-order chi connectivity index (χ0) is 14.0. The molecule has 1 aromatic carbocycles. The monoisotopic (exact) mass is 296 g/mol. The maximum absolute atomic E-state index is 6.32. The second kappa shape index (κ2) is 6.00. The number of likely N-dealkylation sites (tertiary alicyclic amines) is 1. The minimum Gasteiger partial charge on any atom is -0.347 e. The van der Waals surface area contributed by atoms with Crippen LogP contribution in [0.25, 0.3) is 0 Å². The number of ether oxygens (including phenoxy) is 2. The lowest BCUT2D eigenvalue weighted by molar-refractivity contribution is -0.185. The predicted octanol–water partition coefficient (Wildman–Crippen LogP) is 2.14. The van der Waals surface area contributed by atoms with Crippen LogP contribution in [0.1, 0.15) is 24.0 Å². The largest absolute Gasteiger partial charge is 0.347 e. The van der Waals surface area contributed by atoms with Crippen molar-refractivity contribution >= 4 is 11.6 Å². The average molecular weight is 297 g/mol. The Morgan fingerprint density at radius 1 is 1.20 bits per heavy atom. The molecule has 2 aliphatic rings. The van der Waals surface area contributed by atoms with Gasteiger partial charge in [0.25, 0.3) is 0 Å². The van der Waals surface area contributed by atoms with Gasteiger partial charge in [0.15, 0.2) is 5.79 Å². The molecule has 0 amide bonds. The zero-order valence-corrected chi connectivity index (χ0v) is 12.4. The maximum atomic E-state index is 6.32. The highest BCUT2D eigenvalue weighted by molar-refractivity contribution is 6.31. The maximum Gasteiger partial charge on any atom is 0.170 e. The minimum atomic E-state index is -0.302. The number of nitrogens with two attached hydrogens (primary N) is 1. The van der Waals surface area contributed by atoms with Crippen LogP contribution in [-0.4, -0.2) is 37.0 Å². The number of benzene rings is 1. The lowest BCUT2D eigenvalue weighted by atomic mass is 10.0. The third-order valence-corrected chi connectivity index (χ3v) is 4.53. The van der Waals surface area contributed by atoms with Crippen molar-refractivity contribution in [2.75, 3.05) is 26.3 Å².